The van der Waals surface area contributed by atoms with Crippen LogP contribution in [0.3, 0.4) is 0 Å². The van der Waals surface area contributed by atoms with Crippen LogP contribution in [0, 0.1) is 32.9 Å². The van der Waals surface area contributed by atoms with Gasteiger partial charge < -0.3 is 39.5 Å². The molecule has 3 N–H and O–H groups in total. The topological polar surface area (TPSA) is 169 Å². The zero-order valence-electron chi connectivity index (χ0n) is 70.0. The van der Waals surface area contributed by atoms with Crippen LogP contribution in [-0.4, -0.2) is 168 Å². The number of amides is 4. The first-order valence-corrected chi connectivity index (χ1v) is 39.6. The van der Waals surface area contributed by atoms with Crippen LogP contribution in [0.1, 0.15) is 214 Å². The van der Waals surface area contributed by atoms with Crippen LogP contribution in [0.2, 0.25) is 0 Å². The second-order valence-corrected chi connectivity index (χ2v) is 38.9. The van der Waals surface area contributed by atoms with Crippen molar-refractivity contribution in [2.24, 2.45) is 32.2 Å². The Morgan fingerprint density at radius 1 is 0.390 bits per heavy atom. The van der Waals surface area contributed by atoms with Gasteiger partial charge in [-0.25, -0.2) is 17.9 Å². The molecule has 5 aromatic rings. The molecule has 0 bridgehead atoms. The van der Waals surface area contributed by atoms with E-state index in [1.165, 1.54) is 46.6 Å². The summed E-state index contributed by atoms with van der Waals surface area (Å²) in [4.78, 5) is 60.0. The van der Waals surface area contributed by atoms with Crippen LogP contribution in [0.5, 0.6) is 0 Å². The zero-order chi connectivity index (χ0) is 79.8. The lowest BCUT2D eigenvalue weighted by Crippen LogP contribution is -2.49. The lowest BCUT2D eigenvalue weighted by molar-refractivity contribution is -0.137. The second-order valence-electron chi connectivity index (χ2n) is 37.4. The number of primary sulfonamides is 1. The second kappa shape index (κ2) is 43.5. The number of nitrogens with one attached hydrogen (secondary N) is 1. The molecule has 0 saturated carbocycles. The van der Waals surface area contributed by atoms with Gasteiger partial charge in [0.2, 0.25) is 33.7 Å². The highest BCUT2D eigenvalue weighted by Crippen LogP contribution is 2.28. The molecule has 4 aliphatic heterocycles. The molecule has 0 aliphatic carbocycles. The van der Waals surface area contributed by atoms with Crippen LogP contribution in [-0.2, 0) is 56.6 Å². The van der Waals surface area contributed by atoms with E-state index in [0.717, 1.165) is 104 Å². The van der Waals surface area contributed by atoms with Crippen molar-refractivity contribution < 1.29 is 36.7 Å². The third kappa shape index (κ3) is 43.8. The van der Waals surface area contributed by atoms with Gasteiger partial charge in [0.15, 0.2) is 0 Å². The van der Waals surface area contributed by atoms with Crippen LogP contribution in [0.4, 0.5) is 10.1 Å². The number of halogens is 1. The number of carbonyl (C=O) groups excluding carboxylic acids is 4. The molecule has 0 aromatic heterocycles. The van der Waals surface area contributed by atoms with Gasteiger partial charge in [0.05, 0.1) is 18.1 Å². The Morgan fingerprint density at radius 3 is 1.02 bits per heavy atom. The van der Waals surface area contributed by atoms with E-state index in [9.17, 15) is 32.0 Å². The monoisotopic (exact) mass is 1480 g/mol. The molecule has 9 rings (SSSR count). The van der Waals surface area contributed by atoms with Crippen molar-refractivity contribution in [3.63, 3.8) is 0 Å². The van der Waals surface area contributed by atoms with E-state index in [4.69, 9.17) is 9.88 Å². The summed E-state index contributed by atoms with van der Waals surface area (Å²) in [5.41, 5.74) is 7.57. The molecule has 0 spiro atoms. The molecule has 4 aliphatic rings. The predicted octanol–water partition coefficient (Wildman–Crippen LogP) is 17.1. The van der Waals surface area contributed by atoms with Gasteiger partial charge in [-0.1, -0.05) is 269 Å². The highest BCUT2D eigenvalue weighted by molar-refractivity contribution is 7.89. The molecule has 0 atom stereocenters. The van der Waals surface area contributed by atoms with Gasteiger partial charge in [0.25, 0.3) is 0 Å². The molecule has 17 heteroatoms. The summed E-state index contributed by atoms with van der Waals surface area (Å²) in [6.45, 7) is 65.1. The number of ether oxygens (including phenoxy) is 1. The maximum atomic E-state index is 12.5. The van der Waals surface area contributed by atoms with Crippen molar-refractivity contribution in [1.29, 1.82) is 0 Å². The smallest absolute Gasteiger partial charge is 0.238 e. The normalized spacial score (nSPS) is 15.6. The van der Waals surface area contributed by atoms with Crippen LogP contribution in [0.25, 0.3) is 0 Å². The predicted molar refractivity (Wildman–Crippen MR) is 439 cm³/mol. The molecule has 0 unspecified atom stereocenters. The molecule has 5 aromatic carbocycles. The number of nitrogens with zero attached hydrogens (tertiary/aromatic N) is 6. The van der Waals surface area contributed by atoms with E-state index in [1.807, 2.05) is 37.8 Å². The Bertz CT molecular complexity index is 3320. The Labute approximate surface area is 638 Å². The lowest BCUT2D eigenvalue weighted by atomic mass is 9.87. The van der Waals surface area contributed by atoms with Gasteiger partial charge in [0, 0.05) is 123 Å². The molecule has 15 nitrogen and oxygen atoms in total. The highest BCUT2D eigenvalue weighted by Gasteiger charge is 2.28. The quantitative estimate of drug-likeness (QED) is 0.160. The number of sulfonamides is 1. The van der Waals surface area contributed by atoms with E-state index in [1.54, 1.807) is 12.1 Å². The number of morpholine rings is 1. The van der Waals surface area contributed by atoms with E-state index >= 15 is 0 Å². The fourth-order valence-corrected chi connectivity index (χ4v) is 11.7. The van der Waals surface area contributed by atoms with Crippen molar-refractivity contribution in [3.8, 4) is 0 Å². The summed E-state index contributed by atoms with van der Waals surface area (Å²) in [5, 5.41) is 8.23. The summed E-state index contributed by atoms with van der Waals surface area (Å²) in [6.07, 6.45) is 3.75. The lowest BCUT2D eigenvalue weighted by Gasteiger charge is -2.37. The number of likely N-dealkylation sites (N-methyl/N-ethyl adjacent to an activating group) is 1. The highest BCUT2D eigenvalue weighted by atomic mass is 32.2. The number of nitrogens with two attached hydrogens (primary N) is 1. The number of rotatable bonds is 7. The van der Waals surface area contributed by atoms with Crippen LogP contribution < -0.4 is 15.4 Å². The van der Waals surface area contributed by atoms with Gasteiger partial charge in [-0.05, 0) is 115 Å². The fraction of sp³-hybridized carbons (Fsp3) is 0.614. The Hall–Kier alpha value is -6.50. The van der Waals surface area contributed by atoms with E-state index in [2.05, 4.69) is 273 Å². The number of benzene rings is 5. The number of hydrogen-bond acceptors (Lipinski definition) is 10. The average molecular weight is 1480 g/mol. The van der Waals surface area contributed by atoms with Gasteiger partial charge in [-0.2, -0.15) is 0 Å². The Kier molecular flexibility index (Phi) is 39.2. The van der Waals surface area contributed by atoms with Gasteiger partial charge in [-0.15, -0.1) is 0 Å². The third-order valence-electron chi connectivity index (χ3n) is 17.1. The minimum absolute atomic E-state index is 0.0247. The van der Waals surface area contributed by atoms with Crippen molar-refractivity contribution in [2.75, 3.05) is 117 Å². The van der Waals surface area contributed by atoms with Crippen LogP contribution in [0.15, 0.2) is 144 Å². The summed E-state index contributed by atoms with van der Waals surface area (Å²) < 4.78 is 39.6. The summed E-state index contributed by atoms with van der Waals surface area (Å²) >= 11 is 0. The molecule has 105 heavy (non-hydrogen) atoms. The number of para-hydroxylation sites is 1. The number of piperazine rings is 3. The van der Waals surface area contributed by atoms with Gasteiger partial charge >= 0.3 is 0 Å². The standard InChI is InChI=1S/C16H24N2O.C11H22N2O.C11H16.C10H13F.C10H20N2O.C10H15NO2S.C10H19NO2.C10H14/c1-16(2,3)13-15(19)18-11-9-17(10-12-18)14-7-5-4-6-8-14;1-11(2,3)9-10(14)13-7-5-12(4)6-8-13;1-11(2,3)9-10-7-5-4-6-8-10;1-10(2,3)8-4-6-9(11)7-5-8;1-10(2,3)8-9(13)12-6-4-11-5-7-12;1-10(2,3)8-4-6-9(7-5-8)14(11,12)13;1-10(2,3)8-9(12)11-4-6-13-7-5-11;1-10(2,3)9-7-5-4-6-8-9/h4-8H,9-13H2,1-3H3;5-9H2,1-4H3;4-8H,9H2,1-3H3;4-7H,1-3H3;11H,4-8H2,1-3H3;4-7H,1-3H3,(H2,11,12,13);4-8H2,1-3H3;4-8H,1-3H3. The van der Waals surface area contributed by atoms with Crippen molar-refractivity contribution in [3.05, 3.63) is 168 Å². The first kappa shape index (κ1) is 94.6. The maximum Gasteiger partial charge on any atom is 0.238 e. The Morgan fingerprint density at radius 2 is 0.695 bits per heavy atom. The average Bonchev–Trinajstić information content (AvgIpc) is 0.850. The molecule has 0 radical (unpaired) electrons. The Balaban J connectivity index is 0.000000411. The van der Waals surface area contributed by atoms with E-state index in [-0.39, 0.29) is 49.1 Å². The minimum Gasteiger partial charge on any atom is -0.378 e. The summed E-state index contributed by atoms with van der Waals surface area (Å²) in [7, 11) is -1.46. The first-order chi connectivity index (χ1) is 48.2. The number of carbonyl (C=O) groups is 4. The molecule has 4 amide bonds. The number of hydrogen-bond donors (Lipinski definition) is 2. The molecular formula is C88H143FN8O7S. The van der Waals surface area contributed by atoms with E-state index in [0.29, 0.717) is 67.4 Å². The summed E-state index contributed by atoms with van der Waals surface area (Å²) in [6, 6.07) is 44.9. The molecule has 4 fully saturated rings. The van der Waals surface area contributed by atoms with Crippen LogP contribution >= 0.6 is 0 Å². The molecular weight excluding hydrogens is 1330 g/mol. The first-order valence-electron chi connectivity index (χ1n) is 38.1. The number of anilines is 1. The fourth-order valence-electron chi connectivity index (χ4n) is 11.1. The van der Waals surface area contributed by atoms with Gasteiger partial charge in [-0.3, -0.25) is 19.2 Å². The SMILES string of the molecule is CC(C)(C)CC(=O)N1CCN(c2ccccc2)CC1.CC(C)(C)CC(=O)N1CCNCC1.CC(C)(C)CC(=O)N1CCOCC1.CC(C)(C)Cc1ccccc1.CC(C)(C)c1ccc(F)cc1.CC(C)(C)c1ccc(S(N)(=O)=O)cc1.CC(C)(C)c1ccccc1.CN1CCN(C(=O)CC(C)(C)C)CC1. The minimum atomic E-state index is -3.57. The van der Waals surface area contributed by atoms with Crippen molar-refractivity contribution >= 4 is 39.3 Å². The van der Waals surface area contributed by atoms with Crippen molar-refractivity contribution in [1.82, 2.24) is 29.8 Å². The largest absolute Gasteiger partial charge is 0.378 e. The van der Waals surface area contributed by atoms with E-state index < -0.39 is 10.0 Å². The molecule has 4 heterocycles. The third-order valence-corrected chi connectivity index (χ3v) is 18.1. The van der Waals surface area contributed by atoms with Gasteiger partial charge in [0.1, 0.15) is 5.82 Å². The molecule has 4 saturated heterocycles. The maximum absolute atomic E-state index is 12.5. The molecule has 590 valence electrons. The van der Waals surface area contributed by atoms with Crippen molar-refractivity contribution in [2.45, 2.75) is 219 Å². The summed E-state index contributed by atoms with van der Waals surface area (Å²) in [5.74, 6) is 0.994. The zero-order valence-corrected chi connectivity index (χ0v) is 70.8.